The van der Waals surface area contributed by atoms with Crippen molar-refractivity contribution >= 4 is 15.9 Å². The van der Waals surface area contributed by atoms with E-state index < -0.39 is 0 Å². The quantitative estimate of drug-likeness (QED) is 0.766. The number of nitrogens with zero attached hydrogens (tertiary/aromatic N) is 2. The van der Waals surface area contributed by atoms with Crippen LogP contribution in [-0.2, 0) is 4.74 Å². The molecule has 0 spiro atoms. The SMILES string of the molecule is CCOC(C)c1noc(C(Br)CC)n1. The number of rotatable bonds is 5. The van der Waals surface area contributed by atoms with Gasteiger partial charge in [-0.25, -0.2) is 0 Å². The molecule has 0 bridgehead atoms. The van der Waals surface area contributed by atoms with Crippen LogP contribution >= 0.6 is 15.9 Å². The molecule has 1 aromatic rings. The van der Waals surface area contributed by atoms with Crippen LogP contribution in [0.1, 0.15) is 49.8 Å². The molecule has 4 nitrogen and oxygen atoms in total. The van der Waals surface area contributed by atoms with E-state index in [9.17, 15) is 0 Å². The molecule has 0 fully saturated rings. The highest BCUT2D eigenvalue weighted by molar-refractivity contribution is 9.09. The fraction of sp³-hybridized carbons (Fsp3) is 0.778. The molecule has 0 amide bonds. The van der Waals surface area contributed by atoms with Crippen LogP contribution < -0.4 is 0 Å². The first-order valence-corrected chi connectivity index (χ1v) is 5.69. The summed E-state index contributed by atoms with van der Waals surface area (Å²) < 4.78 is 10.5. The van der Waals surface area contributed by atoms with E-state index in [1.807, 2.05) is 13.8 Å². The van der Waals surface area contributed by atoms with E-state index in [2.05, 4.69) is 33.0 Å². The van der Waals surface area contributed by atoms with Crippen molar-refractivity contribution in [1.82, 2.24) is 10.1 Å². The molecule has 2 unspecified atom stereocenters. The molecule has 0 saturated heterocycles. The minimum Gasteiger partial charge on any atom is -0.371 e. The number of ether oxygens (including phenoxy) is 1. The molecule has 0 saturated carbocycles. The van der Waals surface area contributed by atoms with Gasteiger partial charge in [0, 0.05) is 6.61 Å². The van der Waals surface area contributed by atoms with Crippen molar-refractivity contribution in [2.45, 2.75) is 38.1 Å². The highest BCUT2D eigenvalue weighted by Crippen LogP contribution is 2.25. The van der Waals surface area contributed by atoms with E-state index in [1.165, 1.54) is 0 Å². The third-order valence-electron chi connectivity index (χ3n) is 1.86. The standard InChI is InChI=1S/C9H15BrN2O2/c1-4-7(10)9-11-8(12-14-9)6(3)13-5-2/h6-7H,4-5H2,1-3H3. The van der Waals surface area contributed by atoms with Gasteiger partial charge in [-0.2, -0.15) is 4.98 Å². The predicted molar refractivity (Wildman–Crippen MR) is 56.3 cm³/mol. The molecule has 80 valence electrons. The van der Waals surface area contributed by atoms with Crippen molar-refractivity contribution in [2.24, 2.45) is 0 Å². The lowest BCUT2D eigenvalue weighted by atomic mass is 10.3. The van der Waals surface area contributed by atoms with E-state index in [4.69, 9.17) is 9.26 Å². The molecular formula is C9H15BrN2O2. The van der Waals surface area contributed by atoms with Gasteiger partial charge in [-0.05, 0) is 20.3 Å². The van der Waals surface area contributed by atoms with Gasteiger partial charge in [0.15, 0.2) is 5.82 Å². The van der Waals surface area contributed by atoms with E-state index >= 15 is 0 Å². The maximum absolute atomic E-state index is 5.35. The van der Waals surface area contributed by atoms with Gasteiger partial charge in [0.1, 0.15) is 6.10 Å². The molecule has 1 aromatic heterocycles. The molecule has 0 aliphatic heterocycles. The Morgan fingerprint density at radius 2 is 2.21 bits per heavy atom. The van der Waals surface area contributed by atoms with Gasteiger partial charge < -0.3 is 9.26 Å². The Morgan fingerprint density at radius 3 is 2.79 bits per heavy atom. The zero-order valence-corrected chi connectivity index (χ0v) is 10.2. The third kappa shape index (κ3) is 2.78. The topological polar surface area (TPSA) is 48.2 Å². The first-order valence-electron chi connectivity index (χ1n) is 4.78. The van der Waals surface area contributed by atoms with Crippen LogP contribution in [0.3, 0.4) is 0 Å². The lowest BCUT2D eigenvalue weighted by Crippen LogP contribution is -2.01. The predicted octanol–water partition coefficient (Wildman–Crippen LogP) is 3.01. The lowest BCUT2D eigenvalue weighted by molar-refractivity contribution is 0.0683. The van der Waals surface area contributed by atoms with Crippen LogP contribution in [0.5, 0.6) is 0 Å². The molecule has 0 radical (unpaired) electrons. The van der Waals surface area contributed by atoms with Crippen molar-refractivity contribution in [1.29, 1.82) is 0 Å². The highest BCUT2D eigenvalue weighted by Gasteiger charge is 2.17. The second kappa shape index (κ2) is 5.46. The first kappa shape index (κ1) is 11.7. The highest BCUT2D eigenvalue weighted by atomic mass is 79.9. The Hall–Kier alpha value is -0.420. The van der Waals surface area contributed by atoms with Gasteiger partial charge in [0.25, 0.3) is 0 Å². The summed E-state index contributed by atoms with van der Waals surface area (Å²) in [5.41, 5.74) is 0. The fourth-order valence-electron chi connectivity index (χ4n) is 1.04. The number of aromatic nitrogens is 2. The van der Waals surface area contributed by atoms with Crippen LogP contribution in [0, 0.1) is 0 Å². The van der Waals surface area contributed by atoms with Crippen molar-refractivity contribution in [3.05, 3.63) is 11.7 Å². The molecule has 0 aliphatic rings. The smallest absolute Gasteiger partial charge is 0.240 e. The molecule has 14 heavy (non-hydrogen) atoms. The molecule has 0 N–H and O–H groups in total. The number of hydrogen-bond donors (Lipinski definition) is 0. The molecule has 2 atom stereocenters. The normalized spacial score (nSPS) is 15.4. The van der Waals surface area contributed by atoms with Crippen LogP contribution in [0.15, 0.2) is 4.52 Å². The summed E-state index contributed by atoms with van der Waals surface area (Å²) in [5, 5.41) is 3.86. The van der Waals surface area contributed by atoms with Gasteiger partial charge in [0.05, 0.1) is 4.83 Å². The first-order chi connectivity index (χ1) is 6.69. The number of alkyl halides is 1. The summed E-state index contributed by atoms with van der Waals surface area (Å²) >= 11 is 3.45. The Labute approximate surface area is 92.2 Å². The van der Waals surface area contributed by atoms with Crippen LogP contribution in [-0.4, -0.2) is 16.7 Å². The van der Waals surface area contributed by atoms with Crippen molar-refractivity contribution < 1.29 is 9.26 Å². The molecule has 1 heterocycles. The minimum absolute atomic E-state index is 0.103. The van der Waals surface area contributed by atoms with Crippen molar-refractivity contribution in [2.75, 3.05) is 6.61 Å². The number of hydrogen-bond acceptors (Lipinski definition) is 4. The summed E-state index contributed by atoms with van der Waals surface area (Å²) in [4.78, 5) is 4.39. The molecule has 0 aliphatic carbocycles. The van der Waals surface area contributed by atoms with Gasteiger partial charge in [-0.1, -0.05) is 28.0 Å². The number of halogens is 1. The Morgan fingerprint density at radius 1 is 1.50 bits per heavy atom. The van der Waals surface area contributed by atoms with Crippen LogP contribution in [0.25, 0.3) is 0 Å². The fourth-order valence-corrected chi connectivity index (χ4v) is 1.22. The largest absolute Gasteiger partial charge is 0.371 e. The van der Waals surface area contributed by atoms with Crippen LogP contribution in [0.4, 0.5) is 0 Å². The van der Waals surface area contributed by atoms with Gasteiger partial charge in [-0.3, -0.25) is 0 Å². The average molecular weight is 263 g/mol. The summed E-state index contributed by atoms with van der Waals surface area (Å²) in [6.07, 6.45) is 0.819. The maximum atomic E-state index is 5.35. The second-order valence-corrected chi connectivity index (χ2v) is 4.07. The maximum Gasteiger partial charge on any atom is 0.240 e. The van der Waals surface area contributed by atoms with Gasteiger partial charge >= 0.3 is 0 Å². The zero-order valence-electron chi connectivity index (χ0n) is 8.66. The van der Waals surface area contributed by atoms with Crippen molar-refractivity contribution in [3.8, 4) is 0 Å². The summed E-state index contributed by atoms with van der Waals surface area (Å²) in [6, 6.07) is 0. The molecule has 1 rings (SSSR count). The van der Waals surface area contributed by atoms with E-state index in [0.717, 1.165) is 6.42 Å². The monoisotopic (exact) mass is 262 g/mol. The Balaban J connectivity index is 2.67. The van der Waals surface area contributed by atoms with Gasteiger partial charge in [-0.15, -0.1) is 0 Å². The molecule has 5 heteroatoms. The van der Waals surface area contributed by atoms with E-state index in [0.29, 0.717) is 18.3 Å². The minimum atomic E-state index is -0.103. The zero-order chi connectivity index (χ0) is 10.6. The Bertz CT molecular complexity index is 278. The van der Waals surface area contributed by atoms with Crippen LogP contribution in [0.2, 0.25) is 0 Å². The van der Waals surface area contributed by atoms with Gasteiger partial charge in [0.2, 0.25) is 5.89 Å². The summed E-state index contributed by atoms with van der Waals surface area (Å²) in [5.74, 6) is 1.23. The summed E-state index contributed by atoms with van der Waals surface area (Å²) in [7, 11) is 0. The molecule has 0 aromatic carbocycles. The lowest BCUT2D eigenvalue weighted by Gasteiger charge is -2.04. The average Bonchev–Trinajstić information content (AvgIpc) is 2.66. The molecular weight excluding hydrogens is 248 g/mol. The Kier molecular flexibility index (Phi) is 4.54. The van der Waals surface area contributed by atoms with Crippen molar-refractivity contribution in [3.63, 3.8) is 0 Å². The van der Waals surface area contributed by atoms with E-state index in [-0.39, 0.29) is 10.9 Å². The second-order valence-electron chi connectivity index (χ2n) is 2.96. The summed E-state index contributed by atoms with van der Waals surface area (Å²) in [6.45, 7) is 6.55. The van der Waals surface area contributed by atoms with E-state index in [1.54, 1.807) is 0 Å². The third-order valence-corrected chi connectivity index (χ3v) is 2.90.